The van der Waals surface area contributed by atoms with Crippen LogP contribution >= 0.6 is 0 Å². The van der Waals surface area contributed by atoms with Crippen LogP contribution < -0.4 is 0 Å². The zero-order valence-electron chi connectivity index (χ0n) is 9.84. The first-order chi connectivity index (χ1) is 6.58. The van der Waals surface area contributed by atoms with E-state index in [0.717, 1.165) is 6.42 Å². The zero-order valence-corrected chi connectivity index (χ0v) is 9.84. The molecule has 0 radical (unpaired) electrons. The fraction of sp³-hybridized carbons (Fsp3) is 0.462. The maximum absolute atomic E-state index is 9.44. The van der Waals surface area contributed by atoms with Crippen LogP contribution in [-0.4, -0.2) is 5.78 Å². The first-order valence-corrected chi connectivity index (χ1v) is 4.99. The van der Waals surface area contributed by atoms with Crippen LogP contribution in [0.4, 0.5) is 0 Å². The number of ketones is 1. The van der Waals surface area contributed by atoms with Crippen molar-refractivity contribution in [2.24, 2.45) is 0 Å². The van der Waals surface area contributed by atoms with E-state index in [0.29, 0.717) is 0 Å². The molecule has 0 amide bonds. The van der Waals surface area contributed by atoms with Gasteiger partial charge < -0.3 is 4.79 Å². The van der Waals surface area contributed by atoms with Crippen LogP contribution in [0, 0.1) is 0 Å². The number of hydrogen-bond acceptors (Lipinski definition) is 1. The van der Waals surface area contributed by atoms with E-state index in [4.69, 9.17) is 0 Å². The van der Waals surface area contributed by atoms with Gasteiger partial charge in [0.05, 0.1) is 0 Å². The summed E-state index contributed by atoms with van der Waals surface area (Å²) >= 11 is 0. The molecule has 0 aliphatic carbocycles. The van der Waals surface area contributed by atoms with Crippen molar-refractivity contribution >= 4 is 5.78 Å². The summed E-state index contributed by atoms with van der Waals surface area (Å²) < 4.78 is 0. The highest BCUT2D eigenvalue weighted by molar-refractivity contribution is 5.72. The van der Waals surface area contributed by atoms with E-state index < -0.39 is 0 Å². The van der Waals surface area contributed by atoms with E-state index in [2.05, 4.69) is 19.6 Å². The molecule has 0 aromatic rings. The van der Waals surface area contributed by atoms with Crippen molar-refractivity contribution in [1.29, 1.82) is 0 Å². The van der Waals surface area contributed by atoms with Crippen LogP contribution in [0.2, 0.25) is 0 Å². The van der Waals surface area contributed by atoms with Crippen molar-refractivity contribution in [3.63, 3.8) is 0 Å². The van der Waals surface area contributed by atoms with Gasteiger partial charge in [-0.05, 0) is 32.8 Å². The Morgan fingerprint density at radius 1 is 1.36 bits per heavy atom. The standard InChI is InChI=1S/C10H16.C3H6O/c1-4-7-9-10(6-3)8-5-2;1-3(2)4/h4,6-7,9H,3,5,8H2,1-2H3;1-2H3/b7-4-,10-9+;. The topological polar surface area (TPSA) is 17.1 Å². The molecule has 0 rings (SSSR count). The maximum Gasteiger partial charge on any atom is 0.126 e. The Morgan fingerprint density at radius 3 is 2.14 bits per heavy atom. The second-order valence-corrected chi connectivity index (χ2v) is 3.13. The van der Waals surface area contributed by atoms with Crippen LogP contribution in [-0.2, 0) is 4.79 Å². The molecule has 0 N–H and O–H groups in total. The lowest BCUT2D eigenvalue weighted by Crippen LogP contribution is -1.74. The van der Waals surface area contributed by atoms with Gasteiger partial charge in [-0.25, -0.2) is 0 Å². The van der Waals surface area contributed by atoms with E-state index in [-0.39, 0.29) is 5.78 Å². The Kier molecular flexibility index (Phi) is 13.1. The molecule has 1 nitrogen and oxygen atoms in total. The SMILES string of the molecule is C=C/C(=C\C=C/C)CCC.CC(C)=O. The molecule has 0 heterocycles. The number of hydrogen-bond donors (Lipinski definition) is 0. The smallest absolute Gasteiger partial charge is 0.126 e. The third-order valence-electron chi connectivity index (χ3n) is 1.30. The van der Waals surface area contributed by atoms with Crippen LogP contribution in [0.25, 0.3) is 0 Å². The predicted molar refractivity (Wildman–Crippen MR) is 64.4 cm³/mol. The maximum atomic E-state index is 9.44. The summed E-state index contributed by atoms with van der Waals surface area (Å²) in [5, 5.41) is 0. The van der Waals surface area contributed by atoms with Crippen molar-refractivity contribution in [1.82, 2.24) is 0 Å². The number of carbonyl (C=O) groups excluding carboxylic acids is 1. The summed E-state index contributed by atoms with van der Waals surface area (Å²) in [5.41, 5.74) is 1.32. The third kappa shape index (κ3) is 17.1. The van der Waals surface area contributed by atoms with Gasteiger partial charge in [0.25, 0.3) is 0 Å². The minimum absolute atomic E-state index is 0.167. The minimum Gasteiger partial charge on any atom is -0.300 e. The zero-order chi connectivity index (χ0) is 11.4. The fourth-order valence-electron chi connectivity index (χ4n) is 0.762. The number of carbonyl (C=O) groups is 1. The Balaban J connectivity index is 0. The molecule has 0 aromatic carbocycles. The molecule has 0 spiro atoms. The van der Waals surface area contributed by atoms with Gasteiger partial charge in [-0.2, -0.15) is 0 Å². The Morgan fingerprint density at radius 2 is 1.86 bits per heavy atom. The lowest BCUT2D eigenvalue weighted by molar-refractivity contribution is -0.114. The normalized spacial score (nSPS) is 10.7. The van der Waals surface area contributed by atoms with Gasteiger partial charge >= 0.3 is 0 Å². The van der Waals surface area contributed by atoms with Gasteiger partial charge in [-0.3, -0.25) is 0 Å². The highest BCUT2D eigenvalue weighted by Crippen LogP contribution is 2.04. The van der Waals surface area contributed by atoms with Gasteiger partial charge in [0.2, 0.25) is 0 Å². The molecule has 0 atom stereocenters. The molecule has 0 unspecified atom stereocenters. The van der Waals surface area contributed by atoms with Crippen LogP contribution in [0.3, 0.4) is 0 Å². The van der Waals surface area contributed by atoms with Crippen molar-refractivity contribution in [2.75, 3.05) is 0 Å². The summed E-state index contributed by atoms with van der Waals surface area (Å²) in [6, 6.07) is 0. The number of Topliss-reactive ketones (excluding diaryl/α,β-unsaturated/α-hetero) is 1. The fourth-order valence-corrected chi connectivity index (χ4v) is 0.762. The molecule has 0 saturated heterocycles. The molecule has 80 valence electrons. The molecule has 1 heteroatoms. The molecule has 0 bridgehead atoms. The van der Waals surface area contributed by atoms with E-state index in [1.54, 1.807) is 0 Å². The van der Waals surface area contributed by atoms with E-state index in [1.807, 2.05) is 25.2 Å². The second-order valence-electron chi connectivity index (χ2n) is 3.13. The summed E-state index contributed by atoms with van der Waals surface area (Å²) in [4.78, 5) is 9.44. The van der Waals surface area contributed by atoms with Crippen molar-refractivity contribution in [2.45, 2.75) is 40.5 Å². The first-order valence-electron chi connectivity index (χ1n) is 4.99. The second kappa shape index (κ2) is 11.9. The van der Waals surface area contributed by atoms with Crippen LogP contribution in [0.15, 0.2) is 36.5 Å². The summed E-state index contributed by atoms with van der Waals surface area (Å²) in [5.74, 6) is 0.167. The van der Waals surface area contributed by atoms with Gasteiger partial charge in [-0.15, -0.1) is 0 Å². The molecule has 14 heavy (non-hydrogen) atoms. The predicted octanol–water partition coefficient (Wildman–Crippen LogP) is 4.07. The largest absolute Gasteiger partial charge is 0.300 e. The lowest BCUT2D eigenvalue weighted by Gasteiger charge is -1.94. The molecule has 0 saturated carbocycles. The Hall–Kier alpha value is -1.11. The molecule has 0 aliphatic heterocycles. The van der Waals surface area contributed by atoms with Gasteiger partial charge in [0.1, 0.15) is 5.78 Å². The molecule has 0 fully saturated rings. The highest BCUT2D eigenvalue weighted by atomic mass is 16.1. The van der Waals surface area contributed by atoms with E-state index in [1.165, 1.54) is 25.8 Å². The van der Waals surface area contributed by atoms with Crippen molar-refractivity contribution in [3.05, 3.63) is 36.5 Å². The van der Waals surface area contributed by atoms with E-state index in [9.17, 15) is 4.79 Å². The summed E-state index contributed by atoms with van der Waals surface area (Å²) in [6.07, 6.45) is 10.4. The number of allylic oxidation sites excluding steroid dienone is 5. The highest BCUT2D eigenvalue weighted by Gasteiger charge is 1.84. The minimum atomic E-state index is 0.167. The third-order valence-corrected chi connectivity index (χ3v) is 1.30. The van der Waals surface area contributed by atoms with Gasteiger partial charge in [-0.1, -0.05) is 44.2 Å². The quantitative estimate of drug-likeness (QED) is 0.616. The molecular weight excluding hydrogens is 172 g/mol. The number of rotatable bonds is 4. The van der Waals surface area contributed by atoms with Crippen molar-refractivity contribution in [3.8, 4) is 0 Å². The monoisotopic (exact) mass is 194 g/mol. The van der Waals surface area contributed by atoms with E-state index >= 15 is 0 Å². The Labute approximate surface area is 88.2 Å². The average Bonchev–Trinajstić information content (AvgIpc) is 2.11. The Bertz CT molecular complexity index is 205. The van der Waals surface area contributed by atoms with Crippen LogP contribution in [0.1, 0.15) is 40.5 Å². The van der Waals surface area contributed by atoms with Crippen molar-refractivity contribution < 1.29 is 4.79 Å². The molecule has 0 aliphatic rings. The average molecular weight is 194 g/mol. The lowest BCUT2D eigenvalue weighted by atomic mass is 10.1. The molecule has 0 aromatic heterocycles. The summed E-state index contributed by atoms with van der Waals surface area (Å²) in [7, 11) is 0. The first kappa shape index (κ1) is 15.4. The van der Waals surface area contributed by atoms with Crippen LogP contribution in [0.5, 0.6) is 0 Å². The summed E-state index contributed by atoms with van der Waals surface area (Å²) in [6.45, 7) is 11.0. The van der Waals surface area contributed by atoms with Gasteiger partial charge in [0.15, 0.2) is 0 Å². The van der Waals surface area contributed by atoms with Gasteiger partial charge in [0, 0.05) is 0 Å². The molecular formula is C13H22O.